The fraction of sp³-hybridized carbons (Fsp3) is 0.917. The number of methoxy groups -OCH3 is 1. The van der Waals surface area contributed by atoms with Crippen molar-refractivity contribution in [3.8, 4) is 0 Å². The van der Waals surface area contributed by atoms with Gasteiger partial charge in [0, 0.05) is 26.1 Å². The molecule has 0 aromatic carbocycles. The second-order valence-corrected chi connectivity index (χ2v) is 4.81. The van der Waals surface area contributed by atoms with E-state index in [1.54, 1.807) is 7.11 Å². The summed E-state index contributed by atoms with van der Waals surface area (Å²) in [6.07, 6.45) is 1.98. The Labute approximate surface area is 98.1 Å². The minimum Gasteiger partial charge on any atom is -0.384 e. The van der Waals surface area contributed by atoms with Gasteiger partial charge in [-0.1, -0.05) is 20.3 Å². The van der Waals surface area contributed by atoms with Crippen molar-refractivity contribution in [3.63, 3.8) is 0 Å². The van der Waals surface area contributed by atoms with E-state index in [1.807, 2.05) is 11.8 Å². The van der Waals surface area contributed by atoms with Crippen LogP contribution in [0.3, 0.4) is 0 Å². The predicted octanol–water partition coefficient (Wildman–Crippen LogP) is 0.855. The molecule has 1 aliphatic heterocycles. The fourth-order valence-corrected chi connectivity index (χ4v) is 2.11. The Morgan fingerprint density at radius 2 is 2.31 bits per heavy atom. The Morgan fingerprint density at radius 3 is 2.88 bits per heavy atom. The molecule has 0 saturated carbocycles. The van der Waals surface area contributed by atoms with Gasteiger partial charge in [-0.05, 0) is 12.3 Å². The Kier molecular flexibility index (Phi) is 5.22. The third-order valence-electron chi connectivity index (χ3n) is 3.54. The molecule has 1 amide bonds. The van der Waals surface area contributed by atoms with Crippen LogP contribution in [0.15, 0.2) is 0 Å². The molecule has 0 aromatic rings. The lowest BCUT2D eigenvalue weighted by molar-refractivity contribution is -0.132. The average Bonchev–Trinajstić information content (AvgIpc) is 2.75. The zero-order valence-corrected chi connectivity index (χ0v) is 10.6. The summed E-state index contributed by atoms with van der Waals surface area (Å²) in [7, 11) is 1.70. The van der Waals surface area contributed by atoms with Crippen molar-refractivity contribution in [3.05, 3.63) is 0 Å². The molecule has 0 radical (unpaired) electrons. The summed E-state index contributed by atoms with van der Waals surface area (Å²) in [5.41, 5.74) is 5.95. The smallest absolute Gasteiger partial charge is 0.239 e. The Morgan fingerprint density at radius 1 is 1.62 bits per heavy atom. The predicted molar refractivity (Wildman–Crippen MR) is 64.0 cm³/mol. The lowest BCUT2D eigenvalue weighted by Gasteiger charge is -2.24. The Bertz CT molecular complexity index is 233. The molecule has 1 aliphatic rings. The van der Waals surface area contributed by atoms with E-state index >= 15 is 0 Å². The molecule has 0 bridgehead atoms. The SMILES string of the molecule is CC[C@H](C)[C@H](N)C(=O)N1CCC(COC)C1. The number of carbonyl (C=O) groups is 1. The Hall–Kier alpha value is -0.610. The van der Waals surface area contributed by atoms with Crippen LogP contribution in [0.25, 0.3) is 0 Å². The number of rotatable bonds is 5. The van der Waals surface area contributed by atoms with Gasteiger partial charge in [-0.25, -0.2) is 0 Å². The van der Waals surface area contributed by atoms with Gasteiger partial charge < -0.3 is 15.4 Å². The second kappa shape index (κ2) is 6.21. The van der Waals surface area contributed by atoms with Gasteiger partial charge in [0.15, 0.2) is 0 Å². The van der Waals surface area contributed by atoms with Gasteiger partial charge >= 0.3 is 0 Å². The highest BCUT2D eigenvalue weighted by atomic mass is 16.5. The number of carbonyl (C=O) groups excluding carboxylic acids is 1. The first kappa shape index (κ1) is 13.5. The maximum atomic E-state index is 12.1. The van der Waals surface area contributed by atoms with Crippen molar-refractivity contribution in [2.75, 3.05) is 26.8 Å². The van der Waals surface area contributed by atoms with E-state index in [-0.39, 0.29) is 17.9 Å². The molecule has 1 rings (SSSR count). The van der Waals surface area contributed by atoms with Gasteiger partial charge in [0.25, 0.3) is 0 Å². The quantitative estimate of drug-likeness (QED) is 0.759. The third-order valence-corrected chi connectivity index (χ3v) is 3.54. The summed E-state index contributed by atoms with van der Waals surface area (Å²) < 4.78 is 5.11. The molecule has 16 heavy (non-hydrogen) atoms. The average molecular weight is 228 g/mol. The summed E-state index contributed by atoms with van der Waals surface area (Å²) in [6.45, 7) is 6.47. The van der Waals surface area contributed by atoms with E-state index in [4.69, 9.17) is 10.5 Å². The largest absolute Gasteiger partial charge is 0.384 e. The van der Waals surface area contributed by atoms with Crippen LogP contribution >= 0.6 is 0 Å². The maximum absolute atomic E-state index is 12.1. The number of amides is 1. The summed E-state index contributed by atoms with van der Waals surface area (Å²) >= 11 is 0. The summed E-state index contributed by atoms with van der Waals surface area (Å²) in [4.78, 5) is 13.9. The molecule has 3 atom stereocenters. The van der Waals surface area contributed by atoms with Crippen LogP contribution in [0.5, 0.6) is 0 Å². The van der Waals surface area contributed by atoms with Gasteiger partial charge in [-0.3, -0.25) is 4.79 Å². The second-order valence-electron chi connectivity index (χ2n) is 4.81. The van der Waals surface area contributed by atoms with E-state index < -0.39 is 0 Å². The van der Waals surface area contributed by atoms with Crippen molar-refractivity contribution in [1.82, 2.24) is 4.90 Å². The van der Waals surface area contributed by atoms with Crippen molar-refractivity contribution in [1.29, 1.82) is 0 Å². The van der Waals surface area contributed by atoms with Crippen LogP contribution in [0, 0.1) is 11.8 Å². The summed E-state index contributed by atoms with van der Waals surface area (Å²) in [5.74, 6) is 0.847. The first-order chi connectivity index (χ1) is 7.60. The van der Waals surface area contributed by atoms with Crippen LogP contribution in [0.4, 0.5) is 0 Å². The standard InChI is InChI=1S/C12H24N2O2/c1-4-9(2)11(13)12(15)14-6-5-10(7-14)8-16-3/h9-11H,4-8,13H2,1-3H3/t9-,10?,11-/m0/s1. The van der Waals surface area contributed by atoms with Gasteiger partial charge in [0.05, 0.1) is 12.6 Å². The molecule has 0 spiro atoms. The number of hydrogen-bond acceptors (Lipinski definition) is 3. The lowest BCUT2D eigenvalue weighted by atomic mass is 9.99. The van der Waals surface area contributed by atoms with Crippen molar-refractivity contribution < 1.29 is 9.53 Å². The highest BCUT2D eigenvalue weighted by Gasteiger charge is 2.30. The van der Waals surface area contributed by atoms with E-state index in [0.717, 1.165) is 32.5 Å². The van der Waals surface area contributed by atoms with Crippen molar-refractivity contribution >= 4 is 5.91 Å². The van der Waals surface area contributed by atoms with Crippen LogP contribution < -0.4 is 5.73 Å². The van der Waals surface area contributed by atoms with Gasteiger partial charge in [-0.15, -0.1) is 0 Å². The Balaban J connectivity index is 2.44. The molecule has 4 heteroatoms. The maximum Gasteiger partial charge on any atom is 0.239 e. The van der Waals surface area contributed by atoms with Crippen molar-refractivity contribution in [2.24, 2.45) is 17.6 Å². The molecule has 1 unspecified atom stereocenters. The monoisotopic (exact) mass is 228 g/mol. The summed E-state index contributed by atoms with van der Waals surface area (Å²) in [5, 5.41) is 0. The molecule has 4 nitrogen and oxygen atoms in total. The number of likely N-dealkylation sites (tertiary alicyclic amines) is 1. The van der Waals surface area contributed by atoms with E-state index in [1.165, 1.54) is 0 Å². The van der Waals surface area contributed by atoms with Gasteiger partial charge in [0.1, 0.15) is 0 Å². The normalized spacial score (nSPS) is 24.5. The number of ether oxygens (including phenoxy) is 1. The van der Waals surface area contributed by atoms with E-state index in [9.17, 15) is 4.79 Å². The minimum absolute atomic E-state index is 0.105. The zero-order valence-electron chi connectivity index (χ0n) is 10.6. The van der Waals surface area contributed by atoms with E-state index in [2.05, 4.69) is 6.92 Å². The number of nitrogens with zero attached hydrogens (tertiary/aromatic N) is 1. The first-order valence-corrected chi connectivity index (χ1v) is 6.13. The van der Waals surface area contributed by atoms with Crippen LogP contribution in [0.1, 0.15) is 26.7 Å². The highest BCUT2D eigenvalue weighted by Crippen LogP contribution is 2.18. The molecule has 94 valence electrons. The molecule has 0 aromatic heterocycles. The van der Waals surface area contributed by atoms with Crippen LogP contribution in [-0.2, 0) is 9.53 Å². The van der Waals surface area contributed by atoms with Crippen molar-refractivity contribution in [2.45, 2.75) is 32.7 Å². The summed E-state index contributed by atoms with van der Waals surface area (Å²) in [6, 6.07) is -0.341. The fourth-order valence-electron chi connectivity index (χ4n) is 2.11. The third kappa shape index (κ3) is 3.19. The van der Waals surface area contributed by atoms with Crippen LogP contribution in [0.2, 0.25) is 0 Å². The number of nitrogens with two attached hydrogens (primary N) is 1. The van der Waals surface area contributed by atoms with Crippen LogP contribution in [-0.4, -0.2) is 43.7 Å². The van der Waals surface area contributed by atoms with Gasteiger partial charge in [-0.2, -0.15) is 0 Å². The molecular weight excluding hydrogens is 204 g/mol. The molecular formula is C12H24N2O2. The topological polar surface area (TPSA) is 55.6 Å². The molecule has 1 fully saturated rings. The molecule has 1 heterocycles. The lowest BCUT2D eigenvalue weighted by Crippen LogP contribution is -2.46. The van der Waals surface area contributed by atoms with E-state index in [0.29, 0.717) is 5.92 Å². The molecule has 1 saturated heterocycles. The molecule has 0 aliphatic carbocycles. The minimum atomic E-state index is -0.341. The number of hydrogen-bond donors (Lipinski definition) is 1. The molecule has 2 N–H and O–H groups in total. The zero-order chi connectivity index (χ0) is 12.1. The first-order valence-electron chi connectivity index (χ1n) is 6.13. The highest BCUT2D eigenvalue weighted by molar-refractivity contribution is 5.82. The van der Waals surface area contributed by atoms with Gasteiger partial charge in [0.2, 0.25) is 5.91 Å².